The molecule has 1 aromatic rings. The molecule has 1 atom stereocenters. The quantitative estimate of drug-likeness (QED) is 0.569. The molecule has 122 valence electrons. The van der Waals surface area contributed by atoms with Crippen LogP contribution in [0.2, 0.25) is 0 Å². The van der Waals surface area contributed by atoms with E-state index in [1.807, 2.05) is 12.5 Å². The molecular formula is C16H25N3O3. The van der Waals surface area contributed by atoms with Gasteiger partial charge in [-0.05, 0) is 31.6 Å². The van der Waals surface area contributed by atoms with E-state index in [2.05, 4.69) is 20.5 Å². The Morgan fingerprint density at radius 3 is 2.82 bits per heavy atom. The van der Waals surface area contributed by atoms with E-state index in [4.69, 9.17) is 11.0 Å². The topological polar surface area (TPSA) is 90.4 Å². The van der Waals surface area contributed by atoms with Crippen molar-refractivity contribution in [1.82, 2.24) is 9.55 Å². The lowest BCUT2D eigenvalue weighted by Crippen LogP contribution is -2.26. The molecule has 1 unspecified atom stereocenters. The molecular weight excluding hydrogens is 282 g/mol. The van der Waals surface area contributed by atoms with Crippen LogP contribution in [0.15, 0.2) is 30.4 Å². The Kier molecular flexibility index (Phi) is 6.61. The second kappa shape index (κ2) is 8.70. The minimum Gasteiger partial charge on any atom is -0.479 e. The summed E-state index contributed by atoms with van der Waals surface area (Å²) in [6.07, 6.45) is 14.2. The monoisotopic (exact) mass is 307 g/mol. The Morgan fingerprint density at radius 1 is 1.45 bits per heavy atom. The number of carbonyl (C=O) groups is 1. The Bertz CT molecular complexity index is 479. The third kappa shape index (κ3) is 4.96. The van der Waals surface area contributed by atoms with Crippen LogP contribution in [0.3, 0.4) is 0 Å². The third-order valence-electron chi connectivity index (χ3n) is 4.33. The van der Waals surface area contributed by atoms with E-state index in [1.165, 1.54) is 37.7 Å². The number of nitrogens with zero attached hydrogens (tertiary/aromatic N) is 2. The van der Waals surface area contributed by atoms with E-state index < -0.39 is 12.1 Å². The number of carboxylic acid groups (broad SMARTS) is 1. The molecule has 2 rings (SSSR count). The molecule has 0 aliphatic heterocycles. The summed E-state index contributed by atoms with van der Waals surface area (Å²) in [7, 11) is 0. The summed E-state index contributed by atoms with van der Waals surface area (Å²) >= 11 is 0. The molecule has 0 amide bonds. The molecule has 1 fully saturated rings. The van der Waals surface area contributed by atoms with Gasteiger partial charge in [0.15, 0.2) is 6.10 Å². The number of carboxylic acids is 1. The SMILES string of the molecule is NOC(CC/C=C(/Cn1ccnc1)C1CCCCC1)C(=O)O. The number of nitrogens with two attached hydrogens (primary N) is 1. The summed E-state index contributed by atoms with van der Waals surface area (Å²) in [5.74, 6) is 4.62. The van der Waals surface area contributed by atoms with Crippen molar-refractivity contribution in [2.75, 3.05) is 0 Å². The van der Waals surface area contributed by atoms with Crippen molar-refractivity contribution < 1.29 is 14.7 Å². The van der Waals surface area contributed by atoms with Crippen LogP contribution in [0.4, 0.5) is 0 Å². The average Bonchev–Trinajstić information content (AvgIpc) is 3.04. The fourth-order valence-corrected chi connectivity index (χ4v) is 3.09. The predicted octanol–water partition coefficient (Wildman–Crippen LogP) is 2.51. The van der Waals surface area contributed by atoms with Gasteiger partial charge in [0.2, 0.25) is 0 Å². The highest BCUT2D eigenvalue weighted by atomic mass is 16.6. The van der Waals surface area contributed by atoms with Gasteiger partial charge in [-0.15, -0.1) is 0 Å². The smallest absolute Gasteiger partial charge is 0.334 e. The summed E-state index contributed by atoms with van der Waals surface area (Å²) in [5, 5.41) is 8.96. The molecule has 22 heavy (non-hydrogen) atoms. The molecule has 0 spiro atoms. The average molecular weight is 307 g/mol. The second-order valence-corrected chi connectivity index (χ2v) is 5.89. The zero-order valence-corrected chi connectivity index (χ0v) is 12.9. The zero-order chi connectivity index (χ0) is 15.8. The van der Waals surface area contributed by atoms with E-state index in [0.717, 1.165) is 6.54 Å². The van der Waals surface area contributed by atoms with Crippen molar-refractivity contribution in [2.24, 2.45) is 11.8 Å². The Balaban J connectivity index is 1.99. The number of rotatable bonds is 8. The summed E-state index contributed by atoms with van der Waals surface area (Å²) in [4.78, 5) is 19.5. The molecule has 6 nitrogen and oxygen atoms in total. The van der Waals surface area contributed by atoms with Crippen LogP contribution in [0.1, 0.15) is 44.9 Å². The molecule has 1 saturated carbocycles. The third-order valence-corrected chi connectivity index (χ3v) is 4.33. The number of aliphatic carboxylic acids is 1. The van der Waals surface area contributed by atoms with Crippen LogP contribution in [0.25, 0.3) is 0 Å². The van der Waals surface area contributed by atoms with Crippen LogP contribution >= 0.6 is 0 Å². The lowest BCUT2D eigenvalue weighted by molar-refractivity contribution is -0.151. The van der Waals surface area contributed by atoms with Crippen molar-refractivity contribution in [3.63, 3.8) is 0 Å². The van der Waals surface area contributed by atoms with E-state index in [1.54, 1.807) is 6.20 Å². The standard InChI is InChI=1S/C16H25N3O3/c17-22-15(16(20)21)8-4-7-14(11-19-10-9-18-12-19)13-5-2-1-3-6-13/h7,9-10,12-13,15H,1-6,8,11,17H2,(H,20,21)/b14-7-. The molecule has 1 aromatic heterocycles. The summed E-state index contributed by atoms with van der Waals surface area (Å²) in [6, 6.07) is 0. The summed E-state index contributed by atoms with van der Waals surface area (Å²) in [5.41, 5.74) is 1.37. The number of hydrogen-bond acceptors (Lipinski definition) is 4. The van der Waals surface area contributed by atoms with E-state index >= 15 is 0 Å². The van der Waals surface area contributed by atoms with Crippen molar-refractivity contribution in [3.8, 4) is 0 Å². The molecule has 0 bridgehead atoms. The van der Waals surface area contributed by atoms with E-state index in [9.17, 15) is 4.79 Å². The number of allylic oxidation sites excluding steroid dienone is 2. The van der Waals surface area contributed by atoms with Crippen LogP contribution in [0.5, 0.6) is 0 Å². The number of imidazole rings is 1. The predicted molar refractivity (Wildman–Crippen MR) is 82.8 cm³/mol. The van der Waals surface area contributed by atoms with Gasteiger partial charge in [-0.1, -0.05) is 30.9 Å². The van der Waals surface area contributed by atoms with Gasteiger partial charge in [-0.25, -0.2) is 15.7 Å². The maximum absolute atomic E-state index is 10.9. The number of aromatic nitrogens is 2. The first-order valence-corrected chi connectivity index (χ1v) is 7.93. The largest absolute Gasteiger partial charge is 0.479 e. The Morgan fingerprint density at radius 2 is 2.23 bits per heavy atom. The minimum absolute atomic E-state index is 0.395. The maximum atomic E-state index is 10.9. The van der Waals surface area contributed by atoms with Gasteiger partial charge in [0, 0.05) is 18.9 Å². The highest BCUT2D eigenvalue weighted by molar-refractivity contribution is 5.72. The van der Waals surface area contributed by atoms with Crippen LogP contribution < -0.4 is 5.90 Å². The van der Waals surface area contributed by atoms with Gasteiger partial charge in [0.25, 0.3) is 0 Å². The van der Waals surface area contributed by atoms with Gasteiger partial charge in [-0.3, -0.25) is 4.84 Å². The highest BCUT2D eigenvalue weighted by Crippen LogP contribution is 2.31. The van der Waals surface area contributed by atoms with E-state index in [0.29, 0.717) is 18.8 Å². The van der Waals surface area contributed by atoms with Crippen molar-refractivity contribution in [1.29, 1.82) is 0 Å². The molecule has 1 aliphatic carbocycles. The fourth-order valence-electron chi connectivity index (χ4n) is 3.09. The first kappa shape index (κ1) is 16.7. The fraction of sp³-hybridized carbons (Fsp3) is 0.625. The van der Waals surface area contributed by atoms with Gasteiger partial charge in [0.05, 0.1) is 6.33 Å². The van der Waals surface area contributed by atoms with Crippen LogP contribution in [0, 0.1) is 5.92 Å². The van der Waals surface area contributed by atoms with Gasteiger partial charge < -0.3 is 9.67 Å². The van der Waals surface area contributed by atoms with Crippen LogP contribution in [-0.4, -0.2) is 26.7 Å². The maximum Gasteiger partial charge on any atom is 0.334 e. The molecule has 0 saturated heterocycles. The lowest BCUT2D eigenvalue weighted by Gasteiger charge is -2.25. The summed E-state index contributed by atoms with van der Waals surface area (Å²) in [6.45, 7) is 0.825. The molecule has 1 aliphatic rings. The minimum atomic E-state index is -1.01. The molecule has 0 aromatic carbocycles. The molecule has 0 radical (unpaired) electrons. The first-order valence-electron chi connectivity index (χ1n) is 7.93. The first-order chi connectivity index (χ1) is 10.7. The highest BCUT2D eigenvalue weighted by Gasteiger charge is 2.19. The lowest BCUT2D eigenvalue weighted by atomic mass is 9.83. The van der Waals surface area contributed by atoms with Crippen molar-refractivity contribution in [3.05, 3.63) is 30.4 Å². The van der Waals surface area contributed by atoms with Gasteiger partial charge in [0.1, 0.15) is 0 Å². The van der Waals surface area contributed by atoms with E-state index in [-0.39, 0.29) is 0 Å². The number of hydrogen-bond donors (Lipinski definition) is 2. The zero-order valence-electron chi connectivity index (χ0n) is 12.9. The van der Waals surface area contributed by atoms with Gasteiger partial charge >= 0.3 is 5.97 Å². The Hall–Kier alpha value is -1.66. The molecule has 6 heteroatoms. The molecule has 1 heterocycles. The summed E-state index contributed by atoms with van der Waals surface area (Å²) < 4.78 is 2.06. The van der Waals surface area contributed by atoms with Crippen molar-refractivity contribution in [2.45, 2.75) is 57.6 Å². The van der Waals surface area contributed by atoms with Gasteiger partial charge in [-0.2, -0.15) is 0 Å². The normalized spacial score (nSPS) is 18.3. The van der Waals surface area contributed by atoms with Crippen LogP contribution in [-0.2, 0) is 16.2 Å². The molecule has 3 N–H and O–H groups in total. The van der Waals surface area contributed by atoms with Crippen molar-refractivity contribution >= 4 is 5.97 Å². The second-order valence-electron chi connectivity index (χ2n) is 5.89. The Labute approximate surface area is 130 Å².